The van der Waals surface area contributed by atoms with Crippen molar-refractivity contribution >= 4 is 39.1 Å². The van der Waals surface area contributed by atoms with Crippen LogP contribution in [0, 0.1) is 0 Å². The van der Waals surface area contributed by atoms with Gasteiger partial charge in [0.25, 0.3) is 0 Å². The van der Waals surface area contributed by atoms with Crippen molar-refractivity contribution in [2.24, 2.45) is 0 Å². The molecule has 0 radical (unpaired) electrons. The number of sulfonamides is 1. The van der Waals surface area contributed by atoms with Gasteiger partial charge in [0.1, 0.15) is 12.6 Å². The fourth-order valence-electron chi connectivity index (χ4n) is 4.26. The first kappa shape index (κ1) is 32.9. The van der Waals surface area contributed by atoms with Crippen LogP contribution in [0.4, 0.5) is 18.9 Å². The molecule has 42 heavy (non-hydrogen) atoms. The Morgan fingerprint density at radius 2 is 1.62 bits per heavy atom. The third-order valence-electron chi connectivity index (χ3n) is 6.71. The highest BCUT2D eigenvalue weighted by atomic mass is 35.5. The smallest absolute Gasteiger partial charge is 0.352 e. The summed E-state index contributed by atoms with van der Waals surface area (Å²) in [6, 6.07) is 18.1. The predicted molar refractivity (Wildman–Crippen MR) is 157 cm³/mol. The van der Waals surface area contributed by atoms with E-state index >= 15 is 0 Å². The standard InChI is InChI=1S/C30H33ClF3N3O4S/c1-4-21(2)35-29(39)27(17-22-11-6-5-7-12-22)36(19-23-13-8-9-16-26(23)31)28(38)20-37(42(3,40)41)25-15-10-14-24(18-25)30(32,33)34/h5-16,18,21,27H,4,17,19-20H2,1-3H3,(H,35,39)/t21-,27-/m1/s1. The van der Waals surface area contributed by atoms with E-state index in [1.807, 2.05) is 19.9 Å². The zero-order valence-electron chi connectivity index (χ0n) is 23.4. The molecule has 7 nitrogen and oxygen atoms in total. The summed E-state index contributed by atoms with van der Waals surface area (Å²) in [6.07, 6.45) is -3.20. The number of carbonyl (C=O) groups excluding carboxylic acids is 2. The fourth-order valence-corrected chi connectivity index (χ4v) is 5.29. The lowest BCUT2D eigenvalue weighted by Crippen LogP contribution is -2.54. The third kappa shape index (κ3) is 8.96. The number of nitrogens with zero attached hydrogens (tertiary/aromatic N) is 2. The van der Waals surface area contributed by atoms with Gasteiger partial charge in [-0.3, -0.25) is 13.9 Å². The molecule has 3 aromatic carbocycles. The van der Waals surface area contributed by atoms with Crippen LogP contribution in [0.1, 0.15) is 37.0 Å². The van der Waals surface area contributed by atoms with Crippen molar-refractivity contribution in [1.29, 1.82) is 0 Å². The number of carbonyl (C=O) groups is 2. The molecule has 0 bridgehead atoms. The average Bonchev–Trinajstić information content (AvgIpc) is 2.93. The predicted octanol–water partition coefficient (Wildman–Crippen LogP) is 5.68. The van der Waals surface area contributed by atoms with Gasteiger partial charge in [-0.15, -0.1) is 0 Å². The Bertz CT molecular complexity index is 1490. The van der Waals surface area contributed by atoms with Crippen molar-refractivity contribution < 1.29 is 31.2 Å². The summed E-state index contributed by atoms with van der Waals surface area (Å²) < 4.78 is 66.5. The summed E-state index contributed by atoms with van der Waals surface area (Å²) in [5, 5.41) is 3.23. The maximum atomic E-state index is 14.0. The van der Waals surface area contributed by atoms with Crippen LogP contribution in [-0.4, -0.2) is 50.0 Å². The summed E-state index contributed by atoms with van der Waals surface area (Å²) in [7, 11) is -4.23. The molecule has 2 atom stereocenters. The Labute approximate surface area is 249 Å². The highest BCUT2D eigenvalue weighted by Crippen LogP contribution is 2.32. The number of benzene rings is 3. The molecule has 3 rings (SSSR count). The quantitative estimate of drug-likeness (QED) is 0.281. The molecule has 0 aliphatic rings. The Hall–Kier alpha value is -3.57. The Morgan fingerprint density at radius 1 is 0.976 bits per heavy atom. The fraction of sp³-hybridized carbons (Fsp3) is 0.333. The summed E-state index contributed by atoms with van der Waals surface area (Å²) in [5.74, 6) is -1.25. The number of alkyl halides is 3. The van der Waals surface area contributed by atoms with Crippen LogP contribution in [0.3, 0.4) is 0 Å². The third-order valence-corrected chi connectivity index (χ3v) is 8.22. The normalized spacial score (nSPS) is 13.2. The van der Waals surface area contributed by atoms with Crippen molar-refractivity contribution in [3.63, 3.8) is 0 Å². The maximum Gasteiger partial charge on any atom is 0.416 e. The Kier molecular flexibility index (Phi) is 11.0. The van der Waals surface area contributed by atoms with Gasteiger partial charge in [0.2, 0.25) is 21.8 Å². The van der Waals surface area contributed by atoms with Crippen LogP contribution in [0.5, 0.6) is 0 Å². The first-order valence-electron chi connectivity index (χ1n) is 13.2. The van der Waals surface area contributed by atoms with E-state index < -0.39 is 46.2 Å². The average molecular weight is 624 g/mol. The van der Waals surface area contributed by atoms with E-state index in [2.05, 4.69) is 5.32 Å². The van der Waals surface area contributed by atoms with E-state index in [1.54, 1.807) is 48.5 Å². The van der Waals surface area contributed by atoms with E-state index in [4.69, 9.17) is 11.6 Å². The number of hydrogen-bond donors (Lipinski definition) is 1. The van der Waals surface area contributed by atoms with Crippen LogP contribution in [0.25, 0.3) is 0 Å². The molecule has 0 spiro atoms. The van der Waals surface area contributed by atoms with Gasteiger partial charge in [-0.2, -0.15) is 13.2 Å². The van der Waals surface area contributed by atoms with Crippen molar-refractivity contribution in [3.8, 4) is 0 Å². The molecule has 0 unspecified atom stereocenters. The minimum Gasteiger partial charge on any atom is -0.352 e. The van der Waals surface area contributed by atoms with Gasteiger partial charge in [0.15, 0.2) is 0 Å². The molecular weight excluding hydrogens is 591 g/mol. The van der Waals surface area contributed by atoms with Gasteiger partial charge in [-0.1, -0.05) is 73.1 Å². The van der Waals surface area contributed by atoms with Crippen LogP contribution in [-0.2, 0) is 38.8 Å². The molecule has 0 saturated carbocycles. The lowest BCUT2D eigenvalue weighted by Gasteiger charge is -2.34. The number of amides is 2. The topological polar surface area (TPSA) is 86.8 Å². The lowest BCUT2D eigenvalue weighted by molar-refractivity contribution is -0.140. The molecule has 2 amide bonds. The molecule has 0 aliphatic heterocycles. The van der Waals surface area contributed by atoms with Gasteiger partial charge in [-0.05, 0) is 48.7 Å². The second-order valence-electron chi connectivity index (χ2n) is 9.95. The van der Waals surface area contributed by atoms with Gasteiger partial charge < -0.3 is 10.2 Å². The van der Waals surface area contributed by atoms with Crippen LogP contribution < -0.4 is 9.62 Å². The Morgan fingerprint density at radius 3 is 2.21 bits per heavy atom. The van der Waals surface area contributed by atoms with Crippen LogP contribution >= 0.6 is 11.6 Å². The minimum absolute atomic E-state index is 0.0989. The molecular formula is C30H33ClF3N3O4S. The molecule has 0 heterocycles. The first-order valence-corrected chi connectivity index (χ1v) is 15.5. The highest BCUT2D eigenvalue weighted by Gasteiger charge is 2.35. The largest absolute Gasteiger partial charge is 0.416 e. The summed E-state index contributed by atoms with van der Waals surface area (Å²) in [6.45, 7) is 2.72. The van der Waals surface area contributed by atoms with E-state index in [-0.39, 0.29) is 24.7 Å². The monoisotopic (exact) mass is 623 g/mol. The van der Waals surface area contributed by atoms with Crippen molar-refractivity contribution in [1.82, 2.24) is 10.2 Å². The number of rotatable bonds is 12. The second-order valence-corrected chi connectivity index (χ2v) is 12.3. The highest BCUT2D eigenvalue weighted by molar-refractivity contribution is 7.92. The molecule has 12 heteroatoms. The van der Waals surface area contributed by atoms with Crippen molar-refractivity contribution in [2.75, 3.05) is 17.1 Å². The molecule has 1 N–H and O–H groups in total. The van der Waals surface area contributed by atoms with Crippen molar-refractivity contribution in [3.05, 3.63) is 101 Å². The number of halogens is 4. The molecule has 0 saturated heterocycles. The van der Waals surface area contributed by atoms with Gasteiger partial charge in [-0.25, -0.2) is 8.42 Å². The van der Waals surface area contributed by atoms with E-state index in [0.717, 1.165) is 24.0 Å². The van der Waals surface area contributed by atoms with Gasteiger partial charge >= 0.3 is 6.18 Å². The zero-order chi connectivity index (χ0) is 31.1. The molecule has 3 aromatic rings. The molecule has 226 valence electrons. The minimum atomic E-state index is -4.73. The summed E-state index contributed by atoms with van der Waals surface area (Å²) in [5.41, 5.74) is -0.144. The van der Waals surface area contributed by atoms with Crippen LogP contribution in [0.2, 0.25) is 5.02 Å². The SMILES string of the molecule is CC[C@@H](C)NC(=O)[C@@H](Cc1ccccc1)N(Cc1ccccc1Cl)C(=O)CN(c1cccc(C(F)(F)F)c1)S(C)(=O)=O. The number of anilines is 1. The molecule has 0 aromatic heterocycles. The van der Waals surface area contributed by atoms with E-state index in [1.165, 1.54) is 11.0 Å². The van der Waals surface area contributed by atoms with Crippen LogP contribution in [0.15, 0.2) is 78.9 Å². The zero-order valence-corrected chi connectivity index (χ0v) is 25.0. The summed E-state index contributed by atoms with van der Waals surface area (Å²) in [4.78, 5) is 28.9. The van der Waals surface area contributed by atoms with Gasteiger partial charge in [0.05, 0.1) is 17.5 Å². The first-order chi connectivity index (χ1) is 19.7. The molecule has 0 aliphatic carbocycles. The summed E-state index contributed by atoms with van der Waals surface area (Å²) >= 11 is 6.41. The lowest BCUT2D eigenvalue weighted by atomic mass is 10.0. The van der Waals surface area contributed by atoms with Gasteiger partial charge in [0, 0.05) is 24.0 Å². The van der Waals surface area contributed by atoms with Crippen molar-refractivity contribution in [2.45, 2.75) is 51.5 Å². The van der Waals surface area contributed by atoms with E-state index in [0.29, 0.717) is 27.4 Å². The number of nitrogens with one attached hydrogen (secondary N) is 1. The number of hydrogen-bond acceptors (Lipinski definition) is 4. The Balaban J connectivity index is 2.10. The second kappa shape index (κ2) is 14.1. The van der Waals surface area contributed by atoms with E-state index in [9.17, 15) is 31.2 Å². The molecule has 0 fully saturated rings. The maximum absolute atomic E-state index is 14.0.